The minimum atomic E-state index is -0.561. The summed E-state index contributed by atoms with van der Waals surface area (Å²) in [5, 5.41) is 0. The molecule has 0 bridgehead atoms. The van der Waals surface area contributed by atoms with Gasteiger partial charge < -0.3 is 4.90 Å². The maximum atomic E-state index is 14.2. The monoisotopic (exact) mass is 334 g/mol. The molecule has 3 rings (SSSR count). The van der Waals surface area contributed by atoms with Gasteiger partial charge in [0.2, 0.25) is 5.91 Å². The summed E-state index contributed by atoms with van der Waals surface area (Å²) in [6.45, 7) is 2.51. The first kappa shape index (κ1) is 17.3. The van der Waals surface area contributed by atoms with Crippen LogP contribution in [-0.2, 0) is 4.79 Å². The Morgan fingerprint density at radius 3 is 2.54 bits per heavy atom. The highest BCUT2D eigenvalue weighted by Gasteiger charge is 2.34. The number of benzene rings is 1. The summed E-state index contributed by atoms with van der Waals surface area (Å²) in [5.74, 6) is 0.289. The van der Waals surface area contributed by atoms with Crippen molar-refractivity contribution in [3.05, 3.63) is 35.6 Å². The number of hydrazine groups is 1. The summed E-state index contributed by atoms with van der Waals surface area (Å²) >= 11 is 0. The zero-order chi connectivity index (χ0) is 17.1. The molecule has 132 valence electrons. The first-order valence-electron chi connectivity index (χ1n) is 8.76. The van der Waals surface area contributed by atoms with Crippen LogP contribution in [0.3, 0.4) is 0 Å². The van der Waals surface area contributed by atoms with Crippen LogP contribution in [0.1, 0.15) is 30.9 Å². The van der Waals surface area contributed by atoms with Crippen molar-refractivity contribution < 1.29 is 9.18 Å². The van der Waals surface area contributed by atoms with Gasteiger partial charge >= 0.3 is 0 Å². The minimum absolute atomic E-state index is 0.000978. The minimum Gasteiger partial charge on any atom is -0.341 e. The fraction of sp³-hybridized carbons (Fsp3) is 0.611. The lowest BCUT2D eigenvalue weighted by molar-refractivity contribution is -0.138. The number of likely N-dealkylation sites (N-methyl/N-ethyl adjacent to an activating group) is 1. The third-order valence-corrected chi connectivity index (χ3v) is 5.24. The van der Waals surface area contributed by atoms with Gasteiger partial charge in [0.05, 0.1) is 0 Å². The maximum absolute atomic E-state index is 14.2. The fourth-order valence-corrected chi connectivity index (χ4v) is 3.88. The molecule has 2 heterocycles. The highest BCUT2D eigenvalue weighted by molar-refractivity contribution is 5.83. The van der Waals surface area contributed by atoms with Gasteiger partial charge in [0, 0.05) is 31.2 Å². The molecule has 2 saturated heterocycles. The van der Waals surface area contributed by atoms with Crippen molar-refractivity contribution in [1.82, 2.24) is 20.7 Å². The van der Waals surface area contributed by atoms with Gasteiger partial charge in [-0.15, -0.1) is 0 Å². The highest BCUT2D eigenvalue weighted by Crippen LogP contribution is 2.28. The molecule has 2 aliphatic rings. The van der Waals surface area contributed by atoms with Gasteiger partial charge in [0.25, 0.3) is 0 Å². The molecule has 2 unspecified atom stereocenters. The smallest absolute Gasteiger partial charge is 0.244 e. The van der Waals surface area contributed by atoms with Crippen molar-refractivity contribution >= 4 is 5.91 Å². The number of carbonyl (C=O) groups excluding carboxylic acids is 1. The molecule has 6 heteroatoms. The molecule has 5 nitrogen and oxygen atoms in total. The van der Waals surface area contributed by atoms with Crippen LogP contribution in [0.25, 0.3) is 0 Å². The number of amides is 1. The van der Waals surface area contributed by atoms with Gasteiger partial charge in [-0.05, 0) is 45.3 Å². The van der Waals surface area contributed by atoms with Crippen LogP contribution in [0, 0.1) is 11.7 Å². The summed E-state index contributed by atoms with van der Waals surface area (Å²) in [4.78, 5) is 16.7. The topological polar surface area (TPSA) is 47.6 Å². The Hall–Kier alpha value is -1.50. The van der Waals surface area contributed by atoms with Crippen molar-refractivity contribution in [3.63, 3.8) is 0 Å². The van der Waals surface area contributed by atoms with E-state index < -0.39 is 6.04 Å². The number of likely N-dealkylation sites (tertiary alicyclic amines) is 1. The lowest BCUT2D eigenvalue weighted by atomic mass is 9.88. The van der Waals surface area contributed by atoms with E-state index in [-0.39, 0.29) is 11.7 Å². The predicted octanol–water partition coefficient (Wildman–Crippen LogP) is 1.53. The van der Waals surface area contributed by atoms with Crippen molar-refractivity contribution in [2.24, 2.45) is 5.92 Å². The summed E-state index contributed by atoms with van der Waals surface area (Å²) in [6, 6.07) is 6.52. The molecule has 1 aromatic rings. The van der Waals surface area contributed by atoms with E-state index in [1.54, 1.807) is 23.1 Å². The first-order chi connectivity index (χ1) is 11.6. The average molecular weight is 334 g/mol. The van der Waals surface area contributed by atoms with Gasteiger partial charge in [-0.2, -0.15) is 0 Å². The Kier molecular flexibility index (Phi) is 5.48. The summed E-state index contributed by atoms with van der Waals surface area (Å²) < 4.78 is 14.2. The Balaban J connectivity index is 1.67. The third kappa shape index (κ3) is 3.61. The number of halogens is 1. The largest absolute Gasteiger partial charge is 0.341 e. The van der Waals surface area contributed by atoms with Gasteiger partial charge in [0.15, 0.2) is 0 Å². The molecule has 0 radical (unpaired) electrons. The average Bonchev–Trinajstić information content (AvgIpc) is 3.11. The molecular formula is C18H27FN4O. The fourth-order valence-electron chi connectivity index (χ4n) is 3.88. The second-order valence-corrected chi connectivity index (χ2v) is 7.02. The van der Waals surface area contributed by atoms with E-state index in [1.165, 1.54) is 6.07 Å². The Labute approximate surface area is 143 Å². The van der Waals surface area contributed by atoms with Crippen LogP contribution < -0.4 is 10.9 Å². The maximum Gasteiger partial charge on any atom is 0.244 e. The highest BCUT2D eigenvalue weighted by atomic mass is 19.1. The molecule has 2 N–H and O–H groups in total. The van der Waals surface area contributed by atoms with Crippen molar-refractivity contribution in [1.29, 1.82) is 0 Å². The van der Waals surface area contributed by atoms with Crippen molar-refractivity contribution in [3.8, 4) is 0 Å². The summed E-state index contributed by atoms with van der Waals surface area (Å²) in [5.41, 5.74) is 6.97. The van der Waals surface area contributed by atoms with Crippen LogP contribution in [-0.4, -0.2) is 55.5 Å². The van der Waals surface area contributed by atoms with Crippen molar-refractivity contribution in [2.45, 2.75) is 31.3 Å². The van der Waals surface area contributed by atoms with E-state index in [1.807, 2.05) is 19.0 Å². The normalized spacial score (nSPS) is 23.7. The molecule has 2 aliphatic heterocycles. The number of piperidine rings is 1. The third-order valence-electron chi connectivity index (χ3n) is 5.24. The molecule has 0 aliphatic carbocycles. The van der Waals surface area contributed by atoms with E-state index >= 15 is 0 Å². The number of hydrogen-bond donors (Lipinski definition) is 2. The second kappa shape index (κ2) is 7.59. The van der Waals surface area contributed by atoms with E-state index in [2.05, 4.69) is 10.9 Å². The Bertz CT molecular complexity index is 566. The van der Waals surface area contributed by atoms with Crippen LogP contribution in [0.2, 0.25) is 0 Å². The molecule has 24 heavy (non-hydrogen) atoms. The zero-order valence-corrected chi connectivity index (χ0v) is 14.5. The van der Waals surface area contributed by atoms with E-state index in [0.717, 1.165) is 38.9 Å². The van der Waals surface area contributed by atoms with Crippen LogP contribution in [0.5, 0.6) is 0 Å². The molecule has 0 aromatic heterocycles. The molecule has 2 fully saturated rings. The summed E-state index contributed by atoms with van der Waals surface area (Å²) in [6.07, 6.45) is 3.15. The molecule has 0 saturated carbocycles. The van der Waals surface area contributed by atoms with Gasteiger partial charge in [0.1, 0.15) is 11.9 Å². The summed E-state index contributed by atoms with van der Waals surface area (Å²) in [7, 11) is 3.66. The van der Waals surface area contributed by atoms with E-state index in [4.69, 9.17) is 0 Å². The molecule has 1 aromatic carbocycles. The van der Waals surface area contributed by atoms with Crippen LogP contribution >= 0.6 is 0 Å². The SMILES string of the molecule is CN(C)C(C(=O)N1CCC(C2CCNN2)CC1)c1ccccc1F. The van der Waals surface area contributed by atoms with Gasteiger partial charge in [-0.3, -0.25) is 20.5 Å². The number of nitrogens with zero attached hydrogens (tertiary/aromatic N) is 2. The number of carbonyl (C=O) groups is 1. The second-order valence-electron chi connectivity index (χ2n) is 7.02. The first-order valence-corrected chi connectivity index (χ1v) is 8.76. The molecule has 0 spiro atoms. The molecule has 1 amide bonds. The quantitative estimate of drug-likeness (QED) is 0.877. The van der Waals surface area contributed by atoms with Crippen molar-refractivity contribution in [2.75, 3.05) is 33.7 Å². The Morgan fingerprint density at radius 1 is 1.25 bits per heavy atom. The standard InChI is InChI=1S/C18H27FN4O/c1-22(2)17(14-5-3-4-6-15(14)19)18(24)23-11-8-13(9-12-23)16-7-10-20-21-16/h3-6,13,16-17,20-21H,7-12H2,1-2H3. The predicted molar refractivity (Wildman–Crippen MR) is 91.7 cm³/mol. The van der Waals surface area contributed by atoms with E-state index in [0.29, 0.717) is 17.5 Å². The number of rotatable bonds is 4. The lowest BCUT2D eigenvalue weighted by Gasteiger charge is -2.37. The lowest BCUT2D eigenvalue weighted by Crippen LogP contribution is -2.47. The van der Waals surface area contributed by atoms with Crippen LogP contribution in [0.15, 0.2) is 24.3 Å². The molecular weight excluding hydrogens is 307 g/mol. The van der Waals surface area contributed by atoms with Crippen LogP contribution in [0.4, 0.5) is 4.39 Å². The van der Waals surface area contributed by atoms with Gasteiger partial charge in [-0.1, -0.05) is 18.2 Å². The van der Waals surface area contributed by atoms with E-state index in [9.17, 15) is 9.18 Å². The Morgan fingerprint density at radius 2 is 1.96 bits per heavy atom. The number of nitrogens with one attached hydrogen (secondary N) is 2. The molecule has 2 atom stereocenters. The number of hydrogen-bond acceptors (Lipinski definition) is 4. The van der Waals surface area contributed by atoms with Gasteiger partial charge in [-0.25, -0.2) is 4.39 Å². The zero-order valence-electron chi connectivity index (χ0n) is 14.5.